The molecule has 0 aliphatic rings. The Kier molecular flexibility index (Phi) is 2.52. The Balaban J connectivity index is 2.42. The summed E-state index contributed by atoms with van der Waals surface area (Å²) < 4.78 is 0. The summed E-state index contributed by atoms with van der Waals surface area (Å²) in [5, 5.41) is 10.9. The third-order valence-corrected chi connectivity index (χ3v) is 2.42. The van der Waals surface area contributed by atoms with Crippen molar-refractivity contribution in [3.05, 3.63) is 36.0 Å². The molecular formula is C11H14N2O. The van der Waals surface area contributed by atoms with Gasteiger partial charge in [-0.05, 0) is 19.0 Å². The van der Waals surface area contributed by atoms with Crippen LogP contribution in [-0.2, 0) is 0 Å². The Hall–Kier alpha value is -1.32. The van der Waals surface area contributed by atoms with Crippen molar-refractivity contribution in [2.24, 2.45) is 5.73 Å². The van der Waals surface area contributed by atoms with Crippen LogP contribution < -0.4 is 5.73 Å². The monoisotopic (exact) mass is 190 g/mol. The molecule has 0 saturated carbocycles. The van der Waals surface area contributed by atoms with Crippen molar-refractivity contribution in [2.45, 2.75) is 12.5 Å². The van der Waals surface area contributed by atoms with E-state index in [1.165, 1.54) is 0 Å². The number of hydrogen-bond acceptors (Lipinski definition) is 2. The first-order valence-electron chi connectivity index (χ1n) is 4.77. The summed E-state index contributed by atoms with van der Waals surface area (Å²) in [7, 11) is 0. The average molecular weight is 190 g/mol. The van der Waals surface area contributed by atoms with Gasteiger partial charge in [-0.25, -0.2) is 0 Å². The number of nitrogens with one attached hydrogen (secondary N) is 1. The highest BCUT2D eigenvalue weighted by molar-refractivity contribution is 5.83. The van der Waals surface area contributed by atoms with Crippen LogP contribution in [0.3, 0.4) is 0 Å². The molecule has 4 N–H and O–H groups in total. The van der Waals surface area contributed by atoms with Crippen molar-refractivity contribution in [2.75, 3.05) is 6.54 Å². The quantitative estimate of drug-likeness (QED) is 0.687. The van der Waals surface area contributed by atoms with Gasteiger partial charge < -0.3 is 15.8 Å². The van der Waals surface area contributed by atoms with Crippen molar-refractivity contribution in [3.63, 3.8) is 0 Å². The predicted octanol–water partition coefficient (Wildman–Crippen LogP) is 1.55. The van der Waals surface area contributed by atoms with E-state index in [-0.39, 0.29) is 0 Å². The lowest BCUT2D eigenvalue weighted by Crippen LogP contribution is -2.06. The standard InChI is InChI=1S/C11H14N2O/c12-6-5-11(14)9-7-13-10-4-2-1-3-8(9)10/h1-4,7,11,13-14H,5-6,12H2/t11-/m1/s1. The molecule has 0 amide bonds. The van der Waals surface area contributed by atoms with Gasteiger partial charge in [-0.3, -0.25) is 0 Å². The molecule has 1 aromatic carbocycles. The lowest BCUT2D eigenvalue weighted by Gasteiger charge is -2.07. The van der Waals surface area contributed by atoms with E-state index in [1.807, 2.05) is 30.5 Å². The number of benzene rings is 1. The third kappa shape index (κ3) is 1.52. The van der Waals surface area contributed by atoms with E-state index in [9.17, 15) is 5.11 Å². The molecule has 2 aromatic rings. The normalized spacial score (nSPS) is 13.3. The van der Waals surface area contributed by atoms with Crippen LogP contribution in [0.1, 0.15) is 18.1 Å². The van der Waals surface area contributed by atoms with Crippen LogP contribution in [0.4, 0.5) is 0 Å². The molecule has 0 bridgehead atoms. The second-order valence-corrected chi connectivity index (χ2v) is 3.38. The van der Waals surface area contributed by atoms with Crippen molar-refractivity contribution < 1.29 is 5.11 Å². The summed E-state index contributed by atoms with van der Waals surface area (Å²) in [4.78, 5) is 3.13. The summed E-state index contributed by atoms with van der Waals surface area (Å²) in [6.45, 7) is 0.501. The van der Waals surface area contributed by atoms with E-state index >= 15 is 0 Å². The summed E-state index contributed by atoms with van der Waals surface area (Å²) in [6, 6.07) is 7.93. The topological polar surface area (TPSA) is 62.0 Å². The van der Waals surface area contributed by atoms with Crippen LogP contribution >= 0.6 is 0 Å². The van der Waals surface area contributed by atoms with Gasteiger partial charge in [0.2, 0.25) is 0 Å². The zero-order valence-corrected chi connectivity index (χ0v) is 7.90. The first-order chi connectivity index (χ1) is 6.83. The number of nitrogens with two attached hydrogens (primary N) is 1. The zero-order chi connectivity index (χ0) is 9.97. The van der Waals surface area contributed by atoms with E-state index in [2.05, 4.69) is 4.98 Å². The van der Waals surface area contributed by atoms with Crippen LogP contribution in [0.25, 0.3) is 10.9 Å². The Bertz CT molecular complexity index is 422. The van der Waals surface area contributed by atoms with E-state index in [0.29, 0.717) is 13.0 Å². The second kappa shape index (κ2) is 3.82. The lowest BCUT2D eigenvalue weighted by molar-refractivity contribution is 0.172. The van der Waals surface area contributed by atoms with Crippen molar-refractivity contribution in [1.29, 1.82) is 0 Å². The molecule has 0 saturated heterocycles. The van der Waals surface area contributed by atoms with Crippen molar-refractivity contribution in [1.82, 2.24) is 4.98 Å². The fourth-order valence-electron chi connectivity index (χ4n) is 1.68. The largest absolute Gasteiger partial charge is 0.388 e. The zero-order valence-electron chi connectivity index (χ0n) is 7.90. The summed E-state index contributed by atoms with van der Waals surface area (Å²) in [5.74, 6) is 0. The predicted molar refractivity (Wildman–Crippen MR) is 56.9 cm³/mol. The molecule has 14 heavy (non-hydrogen) atoms. The molecule has 3 nitrogen and oxygen atoms in total. The molecule has 0 unspecified atom stereocenters. The molecule has 0 spiro atoms. The first-order valence-corrected chi connectivity index (χ1v) is 4.77. The number of rotatable bonds is 3. The number of aromatic nitrogens is 1. The van der Waals surface area contributed by atoms with Crippen LogP contribution in [0.2, 0.25) is 0 Å². The molecule has 2 rings (SSSR count). The number of fused-ring (bicyclic) bond motifs is 1. The maximum atomic E-state index is 9.81. The first kappa shape index (κ1) is 9.24. The SMILES string of the molecule is NCC[C@@H](O)c1c[nH]c2ccccc12. The van der Waals surface area contributed by atoms with Gasteiger partial charge in [0.15, 0.2) is 0 Å². The minimum atomic E-state index is -0.462. The van der Waals surface area contributed by atoms with Crippen molar-refractivity contribution >= 4 is 10.9 Å². The molecular weight excluding hydrogens is 176 g/mol. The number of para-hydroxylation sites is 1. The fraction of sp³-hybridized carbons (Fsp3) is 0.273. The lowest BCUT2D eigenvalue weighted by atomic mass is 10.1. The molecule has 0 fully saturated rings. The van der Waals surface area contributed by atoms with Gasteiger partial charge in [0.25, 0.3) is 0 Å². The van der Waals surface area contributed by atoms with Gasteiger partial charge in [-0.1, -0.05) is 18.2 Å². The smallest absolute Gasteiger partial charge is 0.0822 e. The summed E-state index contributed by atoms with van der Waals surface area (Å²) in [6.07, 6.45) is 1.99. The fourth-order valence-corrected chi connectivity index (χ4v) is 1.68. The molecule has 0 aliphatic heterocycles. The molecule has 0 radical (unpaired) electrons. The van der Waals surface area contributed by atoms with Crippen LogP contribution in [0, 0.1) is 0 Å². The highest BCUT2D eigenvalue weighted by atomic mass is 16.3. The Morgan fingerprint density at radius 1 is 1.36 bits per heavy atom. The van der Waals surface area contributed by atoms with Gasteiger partial charge >= 0.3 is 0 Å². The van der Waals surface area contributed by atoms with Gasteiger partial charge in [0, 0.05) is 22.7 Å². The number of hydrogen-bond donors (Lipinski definition) is 3. The molecule has 1 aromatic heterocycles. The third-order valence-electron chi connectivity index (χ3n) is 2.42. The Morgan fingerprint density at radius 2 is 2.14 bits per heavy atom. The maximum absolute atomic E-state index is 9.81. The molecule has 1 atom stereocenters. The van der Waals surface area contributed by atoms with Crippen LogP contribution in [0.5, 0.6) is 0 Å². The molecule has 74 valence electrons. The van der Waals surface area contributed by atoms with Crippen LogP contribution in [-0.4, -0.2) is 16.6 Å². The average Bonchev–Trinajstić information content (AvgIpc) is 2.61. The van der Waals surface area contributed by atoms with Gasteiger partial charge in [0.1, 0.15) is 0 Å². The number of H-pyrrole nitrogens is 1. The van der Waals surface area contributed by atoms with Gasteiger partial charge in [0.05, 0.1) is 6.10 Å². The Morgan fingerprint density at radius 3 is 2.93 bits per heavy atom. The number of aromatic amines is 1. The van der Waals surface area contributed by atoms with E-state index in [0.717, 1.165) is 16.5 Å². The highest BCUT2D eigenvalue weighted by Gasteiger charge is 2.11. The number of aliphatic hydroxyl groups excluding tert-OH is 1. The maximum Gasteiger partial charge on any atom is 0.0822 e. The van der Waals surface area contributed by atoms with Gasteiger partial charge in [-0.15, -0.1) is 0 Å². The molecule has 1 heterocycles. The van der Waals surface area contributed by atoms with E-state index in [4.69, 9.17) is 5.73 Å². The highest BCUT2D eigenvalue weighted by Crippen LogP contribution is 2.25. The Labute approximate surface area is 82.6 Å². The molecule has 0 aliphatic carbocycles. The van der Waals surface area contributed by atoms with Crippen molar-refractivity contribution in [3.8, 4) is 0 Å². The summed E-state index contributed by atoms with van der Waals surface area (Å²) >= 11 is 0. The van der Waals surface area contributed by atoms with E-state index < -0.39 is 6.10 Å². The minimum absolute atomic E-state index is 0.462. The molecule has 3 heteroatoms. The van der Waals surface area contributed by atoms with E-state index in [1.54, 1.807) is 0 Å². The minimum Gasteiger partial charge on any atom is -0.388 e. The van der Waals surface area contributed by atoms with Gasteiger partial charge in [-0.2, -0.15) is 0 Å². The number of aliphatic hydroxyl groups is 1. The second-order valence-electron chi connectivity index (χ2n) is 3.38. The van der Waals surface area contributed by atoms with Crippen LogP contribution in [0.15, 0.2) is 30.5 Å². The summed E-state index contributed by atoms with van der Waals surface area (Å²) in [5.41, 5.74) is 7.40.